The van der Waals surface area contributed by atoms with Gasteiger partial charge in [-0.2, -0.15) is 4.98 Å². The van der Waals surface area contributed by atoms with E-state index in [9.17, 15) is 13.2 Å². The van der Waals surface area contributed by atoms with Gasteiger partial charge in [0.05, 0.1) is 61.2 Å². The van der Waals surface area contributed by atoms with Crippen LogP contribution in [0, 0.1) is 0 Å². The quantitative estimate of drug-likeness (QED) is 0.256. The number of carbonyl (C=O) groups is 1. The van der Waals surface area contributed by atoms with Crippen molar-refractivity contribution in [2.24, 2.45) is 0 Å². The van der Waals surface area contributed by atoms with Crippen molar-refractivity contribution in [2.75, 3.05) is 60.6 Å². The summed E-state index contributed by atoms with van der Waals surface area (Å²) in [5.41, 5.74) is 0.463. The molecule has 16 heteroatoms. The molecule has 3 aromatic rings. The van der Waals surface area contributed by atoms with E-state index in [1.54, 1.807) is 39.2 Å². The van der Waals surface area contributed by atoms with Crippen molar-refractivity contribution < 1.29 is 32.2 Å². The summed E-state index contributed by atoms with van der Waals surface area (Å²) in [4.78, 5) is 32.0. The summed E-state index contributed by atoms with van der Waals surface area (Å²) in [6.07, 6.45) is 8.45. The second-order valence-electron chi connectivity index (χ2n) is 12.3. The molecule has 3 aromatic heterocycles. The highest BCUT2D eigenvalue weighted by Crippen LogP contribution is 2.33. The van der Waals surface area contributed by atoms with E-state index in [2.05, 4.69) is 35.2 Å². The largest absolute Gasteiger partial charge is 0.489 e. The van der Waals surface area contributed by atoms with Gasteiger partial charge in [0.2, 0.25) is 21.9 Å². The van der Waals surface area contributed by atoms with Gasteiger partial charge < -0.3 is 34.5 Å². The van der Waals surface area contributed by atoms with Crippen molar-refractivity contribution >= 4 is 44.5 Å². The standard InChI is InChI=1S/C30H42N8O7S/c1-30(2,3)45-29(39)31-9-12-43-23-18-33-28(34-19-23)35-20-5-7-22(8-6-20)44-27-24-15-21(37-46(4,40)41)17-32-25(24)16-26(36-27)38-10-13-42-14-11-38/h15-20,22,37H,5-14H2,1-4H3,(H,31,39)(H,33,34,35)/t20-,22+. The number of fused-ring (bicyclic) bond motifs is 1. The van der Waals surface area contributed by atoms with Gasteiger partial charge in [-0.3, -0.25) is 9.71 Å². The molecule has 1 aliphatic heterocycles. The number of carbonyl (C=O) groups excluding carboxylic acids is 1. The Balaban J connectivity index is 1.15. The molecule has 1 amide bonds. The molecule has 0 atom stereocenters. The number of aromatic nitrogens is 4. The lowest BCUT2D eigenvalue weighted by molar-refractivity contribution is 0.0520. The number of sulfonamides is 1. The summed E-state index contributed by atoms with van der Waals surface area (Å²) >= 11 is 0. The average Bonchev–Trinajstić information content (AvgIpc) is 3.00. The lowest BCUT2D eigenvalue weighted by atomic mass is 9.93. The number of nitrogens with zero attached hydrogens (tertiary/aromatic N) is 5. The minimum Gasteiger partial charge on any atom is -0.489 e. The highest BCUT2D eigenvalue weighted by molar-refractivity contribution is 7.92. The summed E-state index contributed by atoms with van der Waals surface area (Å²) in [5, 5.41) is 6.67. The second kappa shape index (κ2) is 14.5. The molecule has 1 saturated heterocycles. The Hall–Kier alpha value is -4.18. The molecule has 5 rings (SSSR count). The SMILES string of the molecule is CC(C)(C)OC(=O)NCCOc1cnc(N[C@H]2CC[C@@H](Oc3nc(N4CCOCC4)cc4ncc(NS(C)(=O)=O)cc34)CC2)nc1. The second-order valence-corrected chi connectivity index (χ2v) is 14.1. The number of amides is 1. The first-order valence-electron chi connectivity index (χ1n) is 15.4. The maximum absolute atomic E-state index is 11.8. The van der Waals surface area contributed by atoms with Gasteiger partial charge in [-0.05, 0) is 52.5 Å². The molecule has 2 aliphatic rings. The van der Waals surface area contributed by atoms with Gasteiger partial charge in [-0.15, -0.1) is 0 Å². The Kier molecular flexibility index (Phi) is 10.5. The maximum atomic E-state index is 11.8. The van der Waals surface area contributed by atoms with Gasteiger partial charge in [0.15, 0.2) is 5.75 Å². The van der Waals surface area contributed by atoms with Crippen LogP contribution in [-0.4, -0.2) is 97.9 Å². The molecule has 4 heterocycles. The lowest BCUT2D eigenvalue weighted by Crippen LogP contribution is -2.37. The van der Waals surface area contributed by atoms with E-state index in [1.807, 2.05) is 6.07 Å². The molecule has 2 fully saturated rings. The van der Waals surface area contributed by atoms with E-state index in [4.69, 9.17) is 23.9 Å². The Bertz CT molecular complexity index is 1590. The van der Waals surface area contributed by atoms with Gasteiger partial charge >= 0.3 is 6.09 Å². The van der Waals surface area contributed by atoms with Gasteiger partial charge in [0.1, 0.15) is 24.1 Å². The molecule has 46 heavy (non-hydrogen) atoms. The predicted molar refractivity (Wildman–Crippen MR) is 173 cm³/mol. The van der Waals surface area contributed by atoms with Crippen LogP contribution in [0.15, 0.2) is 30.7 Å². The number of anilines is 3. The number of ether oxygens (including phenoxy) is 4. The molecular formula is C30H42N8O7S. The van der Waals surface area contributed by atoms with E-state index >= 15 is 0 Å². The van der Waals surface area contributed by atoms with Crippen molar-refractivity contribution in [3.05, 3.63) is 30.7 Å². The summed E-state index contributed by atoms with van der Waals surface area (Å²) in [7, 11) is -3.47. The molecule has 3 N–H and O–H groups in total. The minimum absolute atomic E-state index is 0.0776. The smallest absolute Gasteiger partial charge is 0.407 e. The highest BCUT2D eigenvalue weighted by atomic mass is 32.2. The van der Waals surface area contributed by atoms with E-state index in [1.165, 1.54) is 6.20 Å². The molecule has 15 nitrogen and oxygen atoms in total. The normalized spacial score (nSPS) is 18.9. The molecule has 0 spiro atoms. The first-order valence-corrected chi connectivity index (χ1v) is 17.3. The Labute approximate surface area is 268 Å². The zero-order valence-electron chi connectivity index (χ0n) is 26.6. The molecule has 1 aliphatic carbocycles. The fourth-order valence-electron chi connectivity index (χ4n) is 5.16. The first-order chi connectivity index (χ1) is 21.9. The molecule has 0 radical (unpaired) electrons. The van der Waals surface area contributed by atoms with Crippen molar-refractivity contribution in [2.45, 2.75) is 64.2 Å². The zero-order valence-corrected chi connectivity index (χ0v) is 27.4. The van der Waals surface area contributed by atoms with Crippen LogP contribution in [0.1, 0.15) is 46.5 Å². The Morgan fingerprint density at radius 1 is 1.04 bits per heavy atom. The van der Waals surface area contributed by atoms with Crippen molar-refractivity contribution in [3.63, 3.8) is 0 Å². The first kappa shape index (κ1) is 33.2. The summed E-state index contributed by atoms with van der Waals surface area (Å²) in [6.45, 7) is 8.61. The van der Waals surface area contributed by atoms with Crippen LogP contribution in [-0.2, 0) is 19.5 Å². The van der Waals surface area contributed by atoms with Crippen LogP contribution >= 0.6 is 0 Å². The number of hydrogen-bond acceptors (Lipinski definition) is 13. The topological polar surface area (TPSA) is 179 Å². The third kappa shape index (κ3) is 9.91. The van der Waals surface area contributed by atoms with Crippen molar-refractivity contribution in [1.29, 1.82) is 0 Å². The Morgan fingerprint density at radius 3 is 2.43 bits per heavy atom. The summed E-state index contributed by atoms with van der Waals surface area (Å²) in [5.74, 6) is 2.19. The third-order valence-corrected chi connectivity index (χ3v) is 7.83. The number of hydrogen-bond donors (Lipinski definition) is 3. The van der Waals surface area contributed by atoms with Crippen LogP contribution in [0.5, 0.6) is 11.6 Å². The third-order valence-electron chi connectivity index (χ3n) is 7.22. The number of rotatable bonds is 11. The fraction of sp³-hybridized carbons (Fsp3) is 0.567. The number of morpholine rings is 1. The lowest BCUT2D eigenvalue weighted by Gasteiger charge is -2.31. The highest BCUT2D eigenvalue weighted by Gasteiger charge is 2.25. The Morgan fingerprint density at radius 2 is 1.76 bits per heavy atom. The van der Waals surface area contributed by atoms with Crippen LogP contribution in [0.3, 0.4) is 0 Å². The number of alkyl carbamates (subject to hydrolysis) is 1. The fourth-order valence-corrected chi connectivity index (χ4v) is 5.70. The summed E-state index contributed by atoms with van der Waals surface area (Å²) < 4.78 is 49.0. The minimum atomic E-state index is -3.47. The zero-order chi connectivity index (χ0) is 32.7. The molecular weight excluding hydrogens is 616 g/mol. The van der Waals surface area contributed by atoms with Crippen LogP contribution in [0.25, 0.3) is 10.9 Å². The van der Waals surface area contributed by atoms with Gasteiger partial charge in [-0.25, -0.2) is 23.2 Å². The average molecular weight is 659 g/mol. The molecule has 1 saturated carbocycles. The van der Waals surface area contributed by atoms with Gasteiger partial charge in [0, 0.05) is 25.2 Å². The van der Waals surface area contributed by atoms with E-state index in [0.717, 1.165) is 37.8 Å². The predicted octanol–water partition coefficient (Wildman–Crippen LogP) is 3.33. The maximum Gasteiger partial charge on any atom is 0.407 e. The van der Waals surface area contributed by atoms with E-state index < -0.39 is 21.7 Å². The molecule has 0 aromatic carbocycles. The number of pyridine rings is 2. The van der Waals surface area contributed by atoms with Gasteiger partial charge in [-0.1, -0.05) is 0 Å². The van der Waals surface area contributed by atoms with Gasteiger partial charge in [0.25, 0.3) is 0 Å². The molecule has 0 bridgehead atoms. The monoisotopic (exact) mass is 658 g/mol. The van der Waals surface area contributed by atoms with Crippen LogP contribution in [0.4, 0.5) is 22.2 Å². The summed E-state index contributed by atoms with van der Waals surface area (Å²) in [6, 6.07) is 3.78. The van der Waals surface area contributed by atoms with Crippen LogP contribution < -0.4 is 29.7 Å². The number of nitrogens with one attached hydrogen (secondary N) is 3. The molecule has 250 valence electrons. The van der Waals surface area contributed by atoms with Crippen molar-refractivity contribution in [3.8, 4) is 11.6 Å². The van der Waals surface area contributed by atoms with Crippen molar-refractivity contribution in [1.82, 2.24) is 25.3 Å². The van der Waals surface area contributed by atoms with Crippen LogP contribution in [0.2, 0.25) is 0 Å². The molecule has 0 unspecified atom stereocenters. The van der Waals surface area contributed by atoms with E-state index in [0.29, 0.717) is 60.5 Å². The van der Waals surface area contributed by atoms with E-state index in [-0.39, 0.29) is 25.3 Å².